The van der Waals surface area contributed by atoms with Crippen LogP contribution < -0.4 is 0 Å². The fourth-order valence-corrected chi connectivity index (χ4v) is 0.778. The highest BCUT2D eigenvalue weighted by Crippen LogP contribution is 2.18. The number of hydrogen-bond acceptors (Lipinski definition) is 2. The molecule has 0 amide bonds. The van der Waals surface area contributed by atoms with Gasteiger partial charge in [0.2, 0.25) is 0 Å². The zero-order valence-corrected chi connectivity index (χ0v) is 4.70. The molecule has 1 aliphatic rings. The molecular weight excluding hydrogens is 112 g/mol. The van der Waals surface area contributed by atoms with E-state index in [4.69, 9.17) is 0 Å². The molecule has 0 saturated carbocycles. The molecular formula is C7H4N2. The first-order valence-corrected chi connectivity index (χ1v) is 2.71. The minimum atomic E-state index is 0.775. The summed E-state index contributed by atoms with van der Waals surface area (Å²) in [6.07, 6.45) is 3.55. The number of aliphatic imine (C=N–C) groups is 1. The summed E-state index contributed by atoms with van der Waals surface area (Å²) in [5.41, 5.74) is 1.05. The van der Waals surface area contributed by atoms with Crippen LogP contribution in [0.5, 0.6) is 0 Å². The molecule has 1 aromatic heterocycles. The van der Waals surface area contributed by atoms with Crippen LogP contribution in [0.1, 0.15) is 5.56 Å². The van der Waals surface area contributed by atoms with E-state index in [-0.39, 0.29) is 0 Å². The van der Waals surface area contributed by atoms with Crippen molar-refractivity contribution in [3.63, 3.8) is 0 Å². The Balaban J connectivity index is 2.72. The summed E-state index contributed by atoms with van der Waals surface area (Å²) in [5.74, 6) is 3.50. The van der Waals surface area contributed by atoms with Gasteiger partial charge in [0.1, 0.15) is 0 Å². The van der Waals surface area contributed by atoms with Gasteiger partial charge in [0.05, 0.1) is 0 Å². The van der Waals surface area contributed by atoms with Crippen LogP contribution >= 0.6 is 0 Å². The second-order valence-corrected chi connectivity index (χ2v) is 1.80. The quantitative estimate of drug-likeness (QED) is 0.510. The normalized spacial score (nSPS) is 12.0. The first-order chi connectivity index (χ1) is 4.47. The van der Waals surface area contributed by atoms with Crippen LogP contribution in [-0.4, -0.2) is 10.9 Å². The molecule has 0 aromatic carbocycles. The number of fused-ring (bicyclic) bond motifs is 1. The Hall–Kier alpha value is -1.40. The molecule has 0 saturated heterocycles. The molecule has 0 radical (unpaired) electrons. The molecule has 1 aromatic rings. The number of nitrogens with zero attached hydrogens (tertiary/aromatic N) is 2. The highest BCUT2D eigenvalue weighted by Gasteiger charge is 1.99. The van der Waals surface area contributed by atoms with Gasteiger partial charge in [0.25, 0.3) is 0 Å². The maximum absolute atomic E-state index is 4.00. The van der Waals surface area contributed by atoms with E-state index in [0.717, 1.165) is 11.4 Å². The maximum Gasteiger partial charge on any atom is 0.169 e. The number of pyridine rings is 1. The van der Waals surface area contributed by atoms with Crippen LogP contribution in [0.2, 0.25) is 0 Å². The average Bonchev–Trinajstić information content (AvgIpc) is 2.33. The average molecular weight is 116 g/mol. The Kier molecular flexibility index (Phi) is 0.765. The SMILES string of the molecule is C1=Cc2cccnc2N=1. The highest BCUT2D eigenvalue weighted by atomic mass is 14.9. The van der Waals surface area contributed by atoms with Crippen LogP contribution in [-0.2, 0) is 0 Å². The van der Waals surface area contributed by atoms with E-state index in [0.29, 0.717) is 0 Å². The minimum absolute atomic E-state index is 0.775. The van der Waals surface area contributed by atoms with Crippen molar-refractivity contribution in [2.75, 3.05) is 0 Å². The van der Waals surface area contributed by atoms with Crippen molar-refractivity contribution in [2.24, 2.45) is 4.99 Å². The second-order valence-electron chi connectivity index (χ2n) is 1.80. The van der Waals surface area contributed by atoms with E-state index in [1.807, 2.05) is 18.2 Å². The van der Waals surface area contributed by atoms with Crippen LogP contribution in [0.3, 0.4) is 0 Å². The number of aromatic nitrogens is 1. The molecule has 2 rings (SSSR count). The van der Waals surface area contributed by atoms with Gasteiger partial charge in [-0.15, -0.1) is 0 Å². The Bertz CT molecular complexity index is 269. The van der Waals surface area contributed by atoms with E-state index >= 15 is 0 Å². The zero-order chi connectivity index (χ0) is 6.10. The molecule has 1 aliphatic heterocycles. The summed E-state index contributed by atoms with van der Waals surface area (Å²) in [5, 5.41) is 0. The van der Waals surface area contributed by atoms with Gasteiger partial charge < -0.3 is 0 Å². The van der Waals surface area contributed by atoms with Gasteiger partial charge in [-0.25, -0.2) is 4.98 Å². The van der Waals surface area contributed by atoms with Crippen molar-refractivity contribution in [1.29, 1.82) is 0 Å². The molecule has 0 atom stereocenters. The molecule has 0 unspecified atom stereocenters. The largest absolute Gasteiger partial charge is 0.236 e. The van der Waals surface area contributed by atoms with E-state index in [1.54, 1.807) is 6.20 Å². The van der Waals surface area contributed by atoms with Crippen LogP contribution in [0.15, 0.2) is 23.3 Å². The Morgan fingerprint density at radius 3 is 3.33 bits per heavy atom. The number of hydrogen-bond donors (Lipinski definition) is 0. The summed E-state index contributed by atoms with van der Waals surface area (Å²) in [6, 6.07) is 3.85. The van der Waals surface area contributed by atoms with E-state index in [9.17, 15) is 0 Å². The Morgan fingerprint density at radius 1 is 1.44 bits per heavy atom. The van der Waals surface area contributed by atoms with Gasteiger partial charge in [0.15, 0.2) is 5.82 Å². The van der Waals surface area contributed by atoms with Gasteiger partial charge in [-0.05, 0) is 18.0 Å². The van der Waals surface area contributed by atoms with Crippen molar-refractivity contribution in [1.82, 2.24) is 4.98 Å². The fourth-order valence-electron chi connectivity index (χ4n) is 0.778. The van der Waals surface area contributed by atoms with E-state index < -0.39 is 0 Å². The first-order valence-electron chi connectivity index (χ1n) is 2.71. The standard InChI is InChI=1S/C7H4N2/c1-2-6-3-5-9-7(6)8-4-1/h1-4H. The van der Waals surface area contributed by atoms with Gasteiger partial charge in [0, 0.05) is 17.8 Å². The molecule has 0 spiro atoms. The minimum Gasteiger partial charge on any atom is -0.236 e. The lowest BCUT2D eigenvalue weighted by atomic mass is 10.3. The molecule has 2 nitrogen and oxygen atoms in total. The van der Waals surface area contributed by atoms with Gasteiger partial charge in [-0.1, -0.05) is 0 Å². The maximum atomic E-state index is 4.00. The van der Waals surface area contributed by atoms with Crippen molar-refractivity contribution in [3.05, 3.63) is 23.9 Å². The first kappa shape index (κ1) is 4.48. The molecule has 0 fully saturated rings. The molecule has 2 heterocycles. The predicted molar refractivity (Wildman–Crippen MR) is 35.8 cm³/mol. The van der Waals surface area contributed by atoms with Crippen molar-refractivity contribution in [2.45, 2.75) is 0 Å². The van der Waals surface area contributed by atoms with Gasteiger partial charge in [-0.2, -0.15) is 4.99 Å². The summed E-state index contributed by atoms with van der Waals surface area (Å²) >= 11 is 0. The molecule has 42 valence electrons. The molecule has 2 heteroatoms. The van der Waals surface area contributed by atoms with Gasteiger partial charge in [-0.3, -0.25) is 0 Å². The lowest BCUT2D eigenvalue weighted by molar-refractivity contribution is 1.28. The molecule has 0 N–H and O–H groups in total. The summed E-state index contributed by atoms with van der Waals surface area (Å²) in [7, 11) is 0. The smallest absolute Gasteiger partial charge is 0.169 e. The lowest BCUT2D eigenvalue weighted by Gasteiger charge is -1.88. The molecule has 9 heavy (non-hydrogen) atoms. The second kappa shape index (κ2) is 1.54. The van der Waals surface area contributed by atoms with Crippen LogP contribution in [0.4, 0.5) is 5.82 Å². The van der Waals surface area contributed by atoms with Gasteiger partial charge >= 0.3 is 0 Å². The van der Waals surface area contributed by atoms with Crippen LogP contribution in [0.25, 0.3) is 6.08 Å². The van der Waals surface area contributed by atoms with Crippen molar-refractivity contribution >= 4 is 17.8 Å². The topological polar surface area (TPSA) is 25.2 Å². The predicted octanol–water partition coefficient (Wildman–Crippen LogP) is 1.41. The Labute approximate surface area is 52.6 Å². The summed E-state index contributed by atoms with van der Waals surface area (Å²) in [6.45, 7) is 0. The third-order valence-electron chi connectivity index (χ3n) is 1.21. The highest BCUT2D eigenvalue weighted by molar-refractivity contribution is 5.88. The third kappa shape index (κ3) is 0.574. The zero-order valence-electron chi connectivity index (χ0n) is 4.70. The third-order valence-corrected chi connectivity index (χ3v) is 1.21. The van der Waals surface area contributed by atoms with Crippen molar-refractivity contribution in [3.8, 4) is 0 Å². The monoisotopic (exact) mass is 116 g/mol. The number of rotatable bonds is 0. The summed E-state index contributed by atoms with van der Waals surface area (Å²) in [4.78, 5) is 7.88. The summed E-state index contributed by atoms with van der Waals surface area (Å²) < 4.78 is 0. The van der Waals surface area contributed by atoms with E-state index in [1.165, 1.54) is 0 Å². The molecule has 0 aliphatic carbocycles. The lowest BCUT2D eigenvalue weighted by Crippen LogP contribution is -1.72. The fraction of sp³-hybridized carbons (Fsp3) is 0. The molecule has 0 bridgehead atoms. The Morgan fingerprint density at radius 2 is 2.44 bits per heavy atom. The van der Waals surface area contributed by atoms with Crippen LogP contribution in [0, 0.1) is 0 Å². The van der Waals surface area contributed by atoms with E-state index in [2.05, 4.69) is 15.8 Å². The van der Waals surface area contributed by atoms with Crippen molar-refractivity contribution < 1.29 is 0 Å².